The first kappa shape index (κ1) is 20.7. The van der Waals surface area contributed by atoms with Crippen molar-refractivity contribution in [1.82, 2.24) is 19.5 Å². The first-order chi connectivity index (χ1) is 14.2. The number of phosphoric acid groups is 1. The Morgan fingerprint density at radius 3 is 2.90 bits per heavy atom. The van der Waals surface area contributed by atoms with Crippen molar-refractivity contribution in [3.8, 4) is 0 Å². The molecule has 0 spiro atoms. The molecule has 0 amide bonds. The molecule has 2 heterocycles. The molecule has 0 radical (unpaired) electrons. The van der Waals surface area contributed by atoms with Crippen LogP contribution < -0.4 is 16.8 Å². The summed E-state index contributed by atoms with van der Waals surface area (Å²) in [5, 5.41) is 3.32. The number of aromatic nitrogens is 4. The number of carbonyl (C=O) groups is 1. The predicted molar refractivity (Wildman–Crippen MR) is 108 cm³/mol. The number of hydrogen-bond donors (Lipinski definition) is 4. The van der Waals surface area contributed by atoms with Crippen LogP contribution in [-0.4, -0.2) is 49.1 Å². The van der Waals surface area contributed by atoms with Crippen LogP contribution in [-0.2, 0) is 18.4 Å². The van der Waals surface area contributed by atoms with Gasteiger partial charge in [0.05, 0.1) is 19.0 Å². The van der Waals surface area contributed by atoms with Crippen molar-refractivity contribution >= 4 is 36.7 Å². The molecule has 12 nitrogen and oxygen atoms in total. The zero-order valence-electron chi connectivity index (χ0n) is 16.3. The van der Waals surface area contributed by atoms with Crippen molar-refractivity contribution in [1.29, 1.82) is 0 Å². The van der Waals surface area contributed by atoms with Crippen LogP contribution in [0, 0.1) is 5.92 Å². The van der Waals surface area contributed by atoms with Gasteiger partial charge in [0.15, 0.2) is 17.0 Å². The van der Waals surface area contributed by atoms with Crippen molar-refractivity contribution in [2.45, 2.75) is 44.3 Å². The van der Waals surface area contributed by atoms with Gasteiger partial charge < -0.3 is 25.9 Å². The lowest BCUT2D eigenvalue weighted by molar-refractivity contribution is -0.137. The maximum absolute atomic E-state index is 11.9. The number of rotatable bonds is 8. The summed E-state index contributed by atoms with van der Waals surface area (Å²) in [5.74, 6) is -0.382. The number of allylic oxidation sites excluding steroid dienone is 1. The molecule has 4 atom stereocenters. The van der Waals surface area contributed by atoms with Crippen LogP contribution in [0.3, 0.4) is 0 Å². The third-order valence-corrected chi connectivity index (χ3v) is 5.78. The molecule has 2 aromatic rings. The molecule has 2 aromatic heterocycles. The number of hydrogen-bond acceptors (Lipinski definition) is 10. The first-order valence-corrected chi connectivity index (χ1v) is 11.1. The van der Waals surface area contributed by atoms with E-state index >= 15 is 0 Å². The maximum atomic E-state index is 11.9. The Hall–Kier alpha value is -2.53. The molecule has 4 rings (SSSR count). The van der Waals surface area contributed by atoms with Crippen LogP contribution in [0.2, 0.25) is 0 Å². The number of carbonyl (C=O) groups excluding carboxylic acids is 1. The number of nitrogen functional groups attached to an aromatic ring is 1. The molecule has 162 valence electrons. The summed E-state index contributed by atoms with van der Waals surface area (Å²) in [6, 6.07) is -0.712. The maximum Gasteiger partial charge on any atom is 0.529 e. The van der Waals surface area contributed by atoms with Crippen LogP contribution in [0.4, 0.5) is 11.8 Å². The lowest BCUT2D eigenvalue weighted by atomic mass is 10.1. The number of nitrogens with one attached hydrogen (secondary N) is 1. The number of nitrogens with zero attached hydrogens (tertiary/aromatic N) is 4. The molecule has 2 aliphatic rings. The fourth-order valence-electron chi connectivity index (χ4n) is 3.19. The minimum absolute atomic E-state index is 0.0867. The minimum atomic E-state index is -4.52. The summed E-state index contributed by atoms with van der Waals surface area (Å²) < 4.78 is 23.2. The quantitative estimate of drug-likeness (QED) is 0.343. The lowest BCUT2D eigenvalue weighted by Gasteiger charge is -2.17. The van der Waals surface area contributed by atoms with E-state index in [1.807, 2.05) is 16.7 Å². The summed E-state index contributed by atoms with van der Waals surface area (Å²) in [6.45, 7) is 1.26. The Balaban J connectivity index is 1.42. The Kier molecular flexibility index (Phi) is 5.49. The first-order valence-electron chi connectivity index (χ1n) is 9.63. The SMILES string of the molecule is C[C@H](N)C(=O)OP(=O)(O)OCC1C=CC(n2cnc3c(NC4CC4)nc(N)nc32)C1. The second-order valence-corrected chi connectivity index (χ2v) is 8.96. The zero-order chi connectivity index (χ0) is 21.5. The highest BCUT2D eigenvalue weighted by molar-refractivity contribution is 7.48. The average molecular weight is 437 g/mol. The molecule has 6 N–H and O–H groups in total. The fourth-order valence-corrected chi connectivity index (χ4v) is 4.02. The molecule has 0 aromatic carbocycles. The average Bonchev–Trinajstić information content (AvgIpc) is 3.19. The third kappa shape index (κ3) is 4.62. The minimum Gasteiger partial charge on any atom is -0.369 e. The molecule has 3 unspecified atom stereocenters. The monoisotopic (exact) mass is 437 g/mol. The Bertz CT molecular complexity index is 1030. The van der Waals surface area contributed by atoms with Gasteiger partial charge in [-0.05, 0) is 26.2 Å². The molecule has 0 bridgehead atoms. The van der Waals surface area contributed by atoms with Crippen LogP contribution in [0.1, 0.15) is 32.2 Å². The van der Waals surface area contributed by atoms with E-state index in [0.717, 1.165) is 12.8 Å². The highest BCUT2D eigenvalue weighted by atomic mass is 31.2. The molecule has 1 fully saturated rings. The van der Waals surface area contributed by atoms with Crippen molar-refractivity contribution in [3.63, 3.8) is 0 Å². The van der Waals surface area contributed by atoms with E-state index < -0.39 is 19.8 Å². The summed E-state index contributed by atoms with van der Waals surface area (Å²) in [5.41, 5.74) is 12.5. The molecule has 0 aliphatic heterocycles. The number of fused-ring (bicyclic) bond motifs is 1. The van der Waals surface area contributed by atoms with Gasteiger partial charge in [0.25, 0.3) is 0 Å². The number of imidazole rings is 1. The highest BCUT2D eigenvalue weighted by Gasteiger charge is 2.31. The van der Waals surface area contributed by atoms with E-state index in [-0.39, 0.29) is 24.5 Å². The predicted octanol–water partition coefficient (Wildman–Crippen LogP) is 1.11. The van der Waals surface area contributed by atoms with Gasteiger partial charge in [-0.3, -0.25) is 9.42 Å². The molecule has 1 saturated carbocycles. The van der Waals surface area contributed by atoms with E-state index in [9.17, 15) is 14.3 Å². The van der Waals surface area contributed by atoms with E-state index in [1.54, 1.807) is 6.33 Å². The van der Waals surface area contributed by atoms with Crippen molar-refractivity contribution in [3.05, 3.63) is 18.5 Å². The van der Waals surface area contributed by atoms with Crippen LogP contribution in [0.25, 0.3) is 11.2 Å². The van der Waals surface area contributed by atoms with Crippen LogP contribution >= 0.6 is 7.82 Å². The fraction of sp³-hybridized carbons (Fsp3) is 0.529. The van der Waals surface area contributed by atoms with Crippen molar-refractivity contribution < 1.29 is 23.3 Å². The van der Waals surface area contributed by atoms with Gasteiger partial charge in [0, 0.05) is 12.0 Å². The summed E-state index contributed by atoms with van der Waals surface area (Å²) in [4.78, 5) is 34.1. The number of anilines is 2. The topological polar surface area (TPSA) is 181 Å². The van der Waals surface area contributed by atoms with Gasteiger partial charge in [0.2, 0.25) is 5.95 Å². The molecule has 30 heavy (non-hydrogen) atoms. The van der Waals surface area contributed by atoms with Gasteiger partial charge in [-0.25, -0.2) is 14.3 Å². The van der Waals surface area contributed by atoms with Gasteiger partial charge in [0.1, 0.15) is 6.04 Å². The number of nitrogens with two attached hydrogens (primary N) is 2. The second kappa shape index (κ2) is 7.95. The smallest absolute Gasteiger partial charge is 0.369 e. The normalized spacial score (nSPS) is 24.0. The largest absolute Gasteiger partial charge is 0.529 e. The Morgan fingerprint density at radius 2 is 2.20 bits per heavy atom. The molecular formula is C17H24N7O5P. The highest BCUT2D eigenvalue weighted by Crippen LogP contribution is 2.45. The summed E-state index contributed by atoms with van der Waals surface area (Å²) in [6.07, 6.45) is 8.26. The standard InChI is InChI=1S/C17H24N7O5P/c1-9(18)16(25)29-30(26,27)28-7-10-2-5-12(6-10)24-8-20-13-14(21-11-3-4-11)22-17(19)23-15(13)24/h2,5,8-12H,3-4,6-7,18H2,1H3,(H,26,27)(H3,19,21,22,23)/t9-,10?,12?/m0/s1. The second-order valence-electron chi connectivity index (χ2n) is 7.58. The van der Waals surface area contributed by atoms with Gasteiger partial charge in [-0.1, -0.05) is 12.2 Å². The Labute approximate surface area is 172 Å². The van der Waals surface area contributed by atoms with Gasteiger partial charge in [-0.15, -0.1) is 0 Å². The molecule has 2 aliphatic carbocycles. The van der Waals surface area contributed by atoms with Crippen molar-refractivity contribution in [2.75, 3.05) is 17.7 Å². The number of phosphoric ester groups is 1. The van der Waals surface area contributed by atoms with Gasteiger partial charge in [-0.2, -0.15) is 9.97 Å². The molecule has 0 saturated heterocycles. The zero-order valence-corrected chi connectivity index (χ0v) is 17.2. The van der Waals surface area contributed by atoms with E-state index in [0.29, 0.717) is 29.4 Å². The van der Waals surface area contributed by atoms with E-state index in [1.165, 1.54) is 6.92 Å². The Morgan fingerprint density at radius 1 is 1.43 bits per heavy atom. The summed E-state index contributed by atoms with van der Waals surface area (Å²) in [7, 11) is -4.52. The molecule has 13 heteroatoms. The van der Waals surface area contributed by atoms with Crippen LogP contribution in [0.15, 0.2) is 18.5 Å². The van der Waals surface area contributed by atoms with E-state index in [2.05, 4.69) is 24.8 Å². The summed E-state index contributed by atoms with van der Waals surface area (Å²) >= 11 is 0. The van der Waals surface area contributed by atoms with E-state index in [4.69, 9.17) is 16.0 Å². The van der Waals surface area contributed by atoms with Crippen molar-refractivity contribution in [2.24, 2.45) is 11.7 Å². The third-order valence-electron chi connectivity index (χ3n) is 4.89. The van der Waals surface area contributed by atoms with Crippen LogP contribution in [0.5, 0.6) is 0 Å². The van der Waals surface area contributed by atoms with Gasteiger partial charge >= 0.3 is 13.8 Å². The lowest BCUT2D eigenvalue weighted by Crippen LogP contribution is -2.28. The molecular weight excluding hydrogens is 413 g/mol.